The van der Waals surface area contributed by atoms with Crippen LogP contribution in [0, 0.1) is 12.8 Å². The van der Waals surface area contributed by atoms with Gasteiger partial charge >= 0.3 is 0 Å². The summed E-state index contributed by atoms with van der Waals surface area (Å²) in [5, 5.41) is 17.7. The lowest BCUT2D eigenvalue weighted by atomic mass is 9.96. The van der Waals surface area contributed by atoms with E-state index in [9.17, 15) is 5.11 Å². The highest BCUT2D eigenvalue weighted by molar-refractivity contribution is 5.17. The number of benzene rings is 1. The number of aromatic nitrogens is 2. The van der Waals surface area contributed by atoms with Gasteiger partial charge in [-0.2, -0.15) is 4.98 Å². The van der Waals surface area contributed by atoms with E-state index in [4.69, 9.17) is 4.52 Å². The van der Waals surface area contributed by atoms with Crippen LogP contribution in [0.15, 0.2) is 34.9 Å². The summed E-state index contributed by atoms with van der Waals surface area (Å²) in [4.78, 5) is 6.63. The summed E-state index contributed by atoms with van der Waals surface area (Å²) in [5.41, 5.74) is 0.995. The number of aliphatic hydroxyl groups excluding tert-OH is 1. The second-order valence-electron chi connectivity index (χ2n) is 6.98. The zero-order valence-corrected chi connectivity index (χ0v) is 15.1. The Kier molecular flexibility index (Phi) is 6.18. The van der Waals surface area contributed by atoms with Gasteiger partial charge in [-0.25, -0.2) is 0 Å². The molecule has 2 atom stereocenters. The number of nitrogens with one attached hydrogen (secondary N) is 1. The average molecular weight is 344 g/mol. The molecule has 0 spiro atoms. The van der Waals surface area contributed by atoms with Crippen LogP contribution < -0.4 is 5.32 Å². The van der Waals surface area contributed by atoms with Gasteiger partial charge in [0.15, 0.2) is 5.82 Å². The zero-order chi connectivity index (χ0) is 17.6. The van der Waals surface area contributed by atoms with Crippen LogP contribution in [0.4, 0.5) is 0 Å². The molecule has 1 saturated heterocycles. The first kappa shape index (κ1) is 18.0. The van der Waals surface area contributed by atoms with Gasteiger partial charge in [-0.3, -0.25) is 0 Å². The molecular weight excluding hydrogens is 316 g/mol. The minimum atomic E-state index is -0.406. The quantitative estimate of drug-likeness (QED) is 0.804. The number of rotatable bonds is 7. The lowest BCUT2D eigenvalue weighted by Crippen LogP contribution is -2.39. The summed E-state index contributed by atoms with van der Waals surface area (Å²) in [6.07, 6.45) is 1.88. The minimum Gasteiger partial charge on any atom is -0.387 e. The van der Waals surface area contributed by atoms with Crippen LogP contribution in [0.2, 0.25) is 0 Å². The van der Waals surface area contributed by atoms with Crippen LogP contribution in [0.1, 0.15) is 49.2 Å². The molecule has 6 heteroatoms. The van der Waals surface area contributed by atoms with Gasteiger partial charge < -0.3 is 19.8 Å². The molecule has 1 aromatic heterocycles. The number of β-amino-alcohol motifs (C(OH)–C–C–N with tert-alkyl or cyclic N) is 1. The van der Waals surface area contributed by atoms with Crippen molar-refractivity contribution in [2.75, 3.05) is 26.2 Å². The zero-order valence-electron chi connectivity index (χ0n) is 15.1. The average Bonchev–Trinajstić information content (AvgIpc) is 3.08. The Hall–Kier alpha value is -1.76. The summed E-state index contributed by atoms with van der Waals surface area (Å²) in [6, 6.07) is 9.99. The highest BCUT2D eigenvalue weighted by atomic mass is 16.5. The molecule has 1 aliphatic heterocycles. The van der Waals surface area contributed by atoms with Gasteiger partial charge in [-0.15, -0.1) is 0 Å². The van der Waals surface area contributed by atoms with Crippen molar-refractivity contribution >= 4 is 0 Å². The predicted octanol–water partition coefficient (Wildman–Crippen LogP) is 2.47. The number of aryl methyl sites for hydroxylation is 1. The van der Waals surface area contributed by atoms with E-state index in [1.165, 1.54) is 0 Å². The molecule has 2 heterocycles. The molecule has 0 aliphatic carbocycles. The smallest absolute Gasteiger partial charge is 0.243 e. The van der Waals surface area contributed by atoms with Crippen molar-refractivity contribution in [1.29, 1.82) is 0 Å². The molecule has 25 heavy (non-hydrogen) atoms. The molecule has 136 valence electrons. The van der Waals surface area contributed by atoms with E-state index in [2.05, 4.69) is 27.3 Å². The van der Waals surface area contributed by atoms with Gasteiger partial charge in [0.25, 0.3) is 0 Å². The molecule has 0 radical (unpaired) electrons. The molecule has 0 unspecified atom stereocenters. The van der Waals surface area contributed by atoms with Crippen molar-refractivity contribution in [3.8, 4) is 0 Å². The Balaban J connectivity index is 1.38. The lowest BCUT2D eigenvalue weighted by molar-refractivity contribution is 0.0886. The molecule has 3 rings (SSSR count). The Morgan fingerprint density at radius 1 is 1.28 bits per heavy atom. The van der Waals surface area contributed by atoms with Crippen LogP contribution >= 0.6 is 0 Å². The number of hydrogen-bond acceptors (Lipinski definition) is 6. The molecular formula is C19H28N4O2. The maximum atomic E-state index is 10.4. The maximum Gasteiger partial charge on any atom is 0.243 e. The Morgan fingerprint density at radius 3 is 2.64 bits per heavy atom. The number of hydrogen-bond donors (Lipinski definition) is 2. The topological polar surface area (TPSA) is 74.4 Å². The largest absolute Gasteiger partial charge is 0.387 e. The third kappa shape index (κ3) is 5.11. The normalized spacial score (nSPS) is 19.0. The van der Waals surface area contributed by atoms with Gasteiger partial charge in [0.1, 0.15) is 0 Å². The second-order valence-corrected chi connectivity index (χ2v) is 6.98. The molecule has 1 aromatic carbocycles. The number of piperidine rings is 1. The van der Waals surface area contributed by atoms with Crippen LogP contribution in [0.3, 0.4) is 0 Å². The molecule has 1 aliphatic rings. The fraction of sp³-hybridized carbons (Fsp3) is 0.579. The van der Waals surface area contributed by atoms with Crippen molar-refractivity contribution in [1.82, 2.24) is 20.4 Å². The molecule has 2 aromatic rings. The summed E-state index contributed by atoms with van der Waals surface area (Å²) < 4.78 is 5.21. The van der Waals surface area contributed by atoms with E-state index in [1.807, 2.05) is 37.3 Å². The molecule has 0 amide bonds. The van der Waals surface area contributed by atoms with E-state index in [0.717, 1.165) is 38.0 Å². The first-order valence-electron chi connectivity index (χ1n) is 9.11. The first-order chi connectivity index (χ1) is 12.1. The predicted molar refractivity (Wildman–Crippen MR) is 96.0 cm³/mol. The van der Waals surface area contributed by atoms with Crippen molar-refractivity contribution in [2.24, 2.45) is 5.92 Å². The Bertz CT molecular complexity index is 638. The third-order valence-electron chi connectivity index (χ3n) is 4.95. The molecule has 1 fully saturated rings. The second kappa shape index (κ2) is 8.56. The highest BCUT2D eigenvalue weighted by Crippen LogP contribution is 2.21. The third-order valence-corrected chi connectivity index (χ3v) is 4.95. The Labute approximate surface area is 149 Å². The van der Waals surface area contributed by atoms with Crippen LogP contribution in [-0.2, 0) is 0 Å². The van der Waals surface area contributed by atoms with Gasteiger partial charge in [-0.1, -0.05) is 35.5 Å². The van der Waals surface area contributed by atoms with Crippen molar-refractivity contribution in [2.45, 2.75) is 38.8 Å². The van der Waals surface area contributed by atoms with E-state index >= 15 is 0 Å². The van der Waals surface area contributed by atoms with E-state index in [-0.39, 0.29) is 6.04 Å². The van der Waals surface area contributed by atoms with Crippen LogP contribution in [0.5, 0.6) is 0 Å². The standard InChI is InChI=1S/C19H28N4O2/c1-14(19-21-15(2)22-25-19)20-12-16-8-10-23(11-9-16)13-18(24)17-6-4-3-5-7-17/h3-7,14,16,18,20,24H,8-13H2,1-2H3/t14-,18+/m1/s1. The van der Waals surface area contributed by atoms with Gasteiger partial charge in [0.2, 0.25) is 5.89 Å². The van der Waals surface area contributed by atoms with E-state index in [1.54, 1.807) is 0 Å². The Morgan fingerprint density at radius 2 is 2.00 bits per heavy atom. The van der Waals surface area contributed by atoms with Crippen molar-refractivity contribution < 1.29 is 9.63 Å². The monoisotopic (exact) mass is 344 g/mol. The first-order valence-corrected chi connectivity index (χ1v) is 9.11. The van der Waals surface area contributed by atoms with Gasteiger partial charge in [0, 0.05) is 6.54 Å². The summed E-state index contributed by atoms with van der Waals surface area (Å²) in [7, 11) is 0. The summed E-state index contributed by atoms with van der Waals surface area (Å²) in [6.45, 7) is 7.62. The number of nitrogens with zero attached hydrogens (tertiary/aromatic N) is 3. The SMILES string of the molecule is Cc1noc([C@@H](C)NCC2CCN(C[C@H](O)c3ccccc3)CC2)n1. The van der Waals surface area contributed by atoms with Crippen molar-refractivity contribution in [3.05, 3.63) is 47.6 Å². The molecule has 0 saturated carbocycles. The lowest BCUT2D eigenvalue weighted by Gasteiger charge is -2.33. The van der Waals surface area contributed by atoms with Gasteiger partial charge in [0.05, 0.1) is 12.1 Å². The van der Waals surface area contributed by atoms with E-state index in [0.29, 0.717) is 24.2 Å². The minimum absolute atomic E-state index is 0.0825. The molecule has 2 N–H and O–H groups in total. The molecule has 6 nitrogen and oxygen atoms in total. The fourth-order valence-electron chi connectivity index (χ4n) is 3.32. The van der Waals surface area contributed by atoms with Crippen LogP contribution in [0.25, 0.3) is 0 Å². The van der Waals surface area contributed by atoms with Crippen LogP contribution in [-0.4, -0.2) is 46.3 Å². The summed E-state index contributed by atoms with van der Waals surface area (Å²) >= 11 is 0. The van der Waals surface area contributed by atoms with Crippen molar-refractivity contribution in [3.63, 3.8) is 0 Å². The van der Waals surface area contributed by atoms with E-state index < -0.39 is 6.10 Å². The highest BCUT2D eigenvalue weighted by Gasteiger charge is 2.22. The number of aliphatic hydroxyl groups is 1. The maximum absolute atomic E-state index is 10.4. The fourth-order valence-corrected chi connectivity index (χ4v) is 3.32. The summed E-state index contributed by atoms with van der Waals surface area (Å²) in [5.74, 6) is 1.98. The number of likely N-dealkylation sites (tertiary alicyclic amines) is 1. The molecule has 0 bridgehead atoms. The van der Waals surface area contributed by atoms with Gasteiger partial charge in [-0.05, 0) is 57.8 Å².